The van der Waals surface area contributed by atoms with E-state index in [1.807, 2.05) is 18.4 Å². The van der Waals surface area contributed by atoms with Crippen molar-refractivity contribution in [3.63, 3.8) is 0 Å². The number of nitrogens with zero attached hydrogens (tertiary/aromatic N) is 1. The number of rotatable bonds is 6. The first-order chi connectivity index (χ1) is 8.38. The lowest BCUT2D eigenvalue weighted by atomic mass is 9.97. The van der Waals surface area contributed by atoms with Crippen molar-refractivity contribution in [2.75, 3.05) is 26.7 Å². The highest BCUT2D eigenvalue weighted by molar-refractivity contribution is 7.09. The Kier molecular flexibility index (Phi) is 5.42. The molecular formula is C13H23N3S. The van der Waals surface area contributed by atoms with Gasteiger partial charge in [-0.25, -0.2) is 4.98 Å². The summed E-state index contributed by atoms with van der Waals surface area (Å²) < 4.78 is 0. The molecule has 1 atom stereocenters. The summed E-state index contributed by atoms with van der Waals surface area (Å²) in [5, 5.41) is 10.2. The molecule has 1 aromatic rings. The number of aryl methyl sites for hydroxylation is 1. The van der Waals surface area contributed by atoms with E-state index >= 15 is 0 Å². The molecule has 2 N–H and O–H groups in total. The Morgan fingerprint density at radius 2 is 2.53 bits per heavy atom. The van der Waals surface area contributed by atoms with Crippen molar-refractivity contribution >= 4 is 11.3 Å². The number of thiazole rings is 1. The fourth-order valence-corrected chi connectivity index (χ4v) is 3.29. The molecule has 2 heterocycles. The highest BCUT2D eigenvalue weighted by Crippen LogP contribution is 2.19. The van der Waals surface area contributed by atoms with Gasteiger partial charge in [-0.15, -0.1) is 11.3 Å². The highest BCUT2D eigenvalue weighted by Gasteiger charge is 2.15. The second-order valence-corrected chi connectivity index (χ2v) is 5.80. The molecule has 4 heteroatoms. The van der Waals surface area contributed by atoms with Gasteiger partial charge in [-0.3, -0.25) is 0 Å². The van der Waals surface area contributed by atoms with Gasteiger partial charge in [-0.1, -0.05) is 0 Å². The minimum atomic E-state index is 0.806. The van der Waals surface area contributed by atoms with Gasteiger partial charge in [0.05, 0.1) is 10.7 Å². The molecule has 1 aliphatic heterocycles. The van der Waals surface area contributed by atoms with Crippen LogP contribution in [0.15, 0.2) is 5.38 Å². The average molecular weight is 253 g/mol. The summed E-state index contributed by atoms with van der Waals surface area (Å²) in [6.45, 7) is 3.46. The van der Waals surface area contributed by atoms with E-state index in [0.717, 1.165) is 18.9 Å². The van der Waals surface area contributed by atoms with Gasteiger partial charge in [0.25, 0.3) is 0 Å². The summed E-state index contributed by atoms with van der Waals surface area (Å²) in [6, 6.07) is 0. The summed E-state index contributed by atoms with van der Waals surface area (Å²) >= 11 is 1.84. The van der Waals surface area contributed by atoms with Gasteiger partial charge < -0.3 is 10.6 Å². The predicted octanol–water partition coefficient (Wildman–Crippen LogP) is 1.84. The molecule has 96 valence electrons. The molecule has 1 aliphatic rings. The summed E-state index contributed by atoms with van der Waals surface area (Å²) in [5.74, 6) is 0.806. The van der Waals surface area contributed by atoms with Crippen molar-refractivity contribution in [3.8, 4) is 0 Å². The molecule has 0 amide bonds. The fourth-order valence-electron chi connectivity index (χ4n) is 2.35. The second kappa shape index (κ2) is 7.09. The van der Waals surface area contributed by atoms with E-state index in [9.17, 15) is 0 Å². The summed E-state index contributed by atoms with van der Waals surface area (Å²) in [5.41, 5.74) is 1.28. The van der Waals surface area contributed by atoms with Crippen LogP contribution in [0.5, 0.6) is 0 Å². The molecule has 1 unspecified atom stereocenters. The lowest BCUT2D eigenvalue weighted by molar-refractivity contribution is 0.375. The number of piperidine rings is 1. The molecule has 17 heavy (non-hydrogen) atoms. The normalized spacial score (nSPS) is 20.6. The highest BCUT2D eigenvalue weighted by atomic mass is 32.1. The van der Waals surface area contributed by atoms with Gasteiger partial charge >= 0.3 is 0 Å². The third kappa shape index (κ3) is 4.37. The van der Waals surface area contributed by atoms with Crippen LogP contribution in [-0.4, -0.2) is 31.7 Å². The predicted molar refractivity (Wildman–Crippen MR) is 73.7 cm³/mol. The molecule has 0 bridgehead atoms. The van der Waals surface area contributed by atoms with Crippen LogP contribution in [-0.2, 0) is 12.8 Å². The van der Waals surface area contributed by atoms with E-state index in [2.05, 4.69) is 16.0 Å². The third-order valence-corrected chi connectivity index (χ3v) is 4.24. The first-order valence-electron chi connectivity index (χ1n) is 6.67. The van der Waals surface area contributed by atoms with Crippen LogP contribution in [0.2, 0.25) is 0 Å². The monoisotopic (exact) mass is 253 g/mol. The van der Waals surface area contributed by atoms with E-state index in [4.69, 9.17) is 4.98 Å². The molecule has 0 aromatic carbocycles. The van der Waals surface area contributed by atoms with Crippen molar-refractivity contribution in [2.45, 2.75) is 32.1 Å². The van der Waals surface area contributed by atoms with Gasteiger partial charge in [-0.05, 0) is 58.3 Å². The van der Waals surface area contributed by atoms with Crippen LogP contribution in [0, 0.1) is 5.92 Å². The molecule has 1 aromatic heterocycles. The molecule has 1 fully saturated rings. The average Bonchev–Trinajstić information content (AvgIpc) is 2.79. The van der Waals surface area contributed by atoms with Gasteiger partial charge in [0.1, 0.15) is 0 Å². The molecule has 2 rings (SSSR count). The standard InChI is InChI=1S/C13H23N3S/c1-14-6-3-5-12-10-17-13(16-12)8-11-4-2-7-15-9-11/h10-11,14-15H,2-9H2,1H3. The Bertz CT molecular complexity index is 318. The maximum atomic E-state index is 4.74. The van der Waals surface area contributed by atoms with E-state index in [1.165, 1.54) is 49.5 Å². The maximum Gasteiger partial charge on any atom is 0.0931 e. The summed E-state index contributed by atoms with van der Waals surface area (Å²) in [7, 11) is 2.00. The van der Waals surface area contributed by atoms with Crippen LogP contribution >= 0.6 is 11.3 Å². The molecule has 1 saturated heterocycles. The minimum absolute atomic E-state index is 0.806. The largest absolute Gasteiger partial charge is 0.320 e. The van der Waals surface area contributed by atoms with Crippen LogP contribution in [0.4, 0.5) is 0 Å². The Morgan fingerprint density at radius 3 is 3.29 bits per heavy atom. The molecule has 0 aliphatic carbocycles. The first-order valence-corrected chi connectivity index (χ1v) is 7.55. The molecule has 0 spiro atoms. The lowest BCUT2D eigenvalue weighted by Gasteiger charge is -2.21. The Morgan fingerprint density at radius 1 is 1.59 bits per heavy atom. The smallest absolute Gasteiger partial charge is 0.0931 e. The number of hydrogen-bond donors (Lipinski definition) is 2. The number of aromatic nitrogens is 1. The number of hydrogen-bond acceptors (Lipinski definition) is 4. The molecule has 3 nitrogen and oxygen atoms in total. The fraction of sp³-hybridized carbons (Fsp3) is 0.769. The van der Waals surface area contributed by atoms with Crippen molar-refractivity contribution in [1.82, 2.24) is 15.6 Å². The first kappa shape index (κ1) is 13.0. The summed E-state index contributed by atoms with van der Waals surface area (Å²) in [6.07, 6.45) is 6.15. The maximum absolute atomic E-state index is 4.74. The zero-order chi connectivity index (χ0) is 11.9. The lowest BCUT2D eigenvalue weighted by Crippen LogP contribution is -2.30. The third-order valence-electron chi connectivity index (χ3n) is 3.32. The molecule has 0 saturated carbocycles. The van der Waals surface area contributed by atoms with Crippen molar-refractivity contribution in [3.05, 3.63) is 16.1 Å². The molecular weight excluding hydrogens is 230 g/mol. The van der Waals surface area contributed by atoms with E-state index in [0.29, 0.717) is 0 Å². The van der Waals surface area contributed by atoms with Crippen molar-refractivity contribution in [2.24, 2.45) is 5.92 Å². The number of nitrogens with one attached hydrogen (secondary N) is 2. The minimum Gasteiger partial charge on any atom is -0.320 e. The van der Waals surface area contributed by atoms with Gasteiger partial charge in [-0.2, -0.15) is 0 Å². The Hall–Kier alpha value is -0.450. The van der Waals surface area contributed by atoms with Crippen LogP contribution in [0.25, 0.3) is 0 Å². The van der Waals surface area contributed by atoms with E-state index in [1.54, 1.807) is 0 Å². The van der Waals surface area contributed by atoms with Gasteiger partial charge in [0.2, 0.25) is 0 Å². The Balaban J connectivity index is 1.76. The van der Waals surface area contributed by atoms with Crippen LogP contribution in [0.1, 0.15) is 30.0 Å². The van der Waals surface area contributed by atoms with Gasteiger partial charge in [0, 0.05) is 11.8 Å². The second-order valence-electron chi connectivity index (χ2n) is 4.86. The quantitative estimate of drug-likeness (QED) is 0.760. The SMILES string of the molecule is CNCCCc1csc(CC2CCCNC2)n1. The topological polar surface area (TPSA) is 37.0 Å². The van der Waals surface area contributed by atoms with Crippen molar-refractivity contribution < 1.29 is 0 Å². The zero-order valence-electron chi connectivity index (χ0n) is 10.7. The van der Waals surface area contributed by atoms with E-state index in [-0.39, 0.29) is 0 Å². The van der Waals surface area contributed by atoms with Gasteiger partial charge in [0.15, 0.2) is 0 Å². The van der Waals surface area contributed by atoms with Crippen LogP contribution < -0.4 is 10.6 Å². The van der Waals surface area contributed by atoms with Crippen molar-refractivity contribution in [1.29, 1.82) is 0 Å². The van der Waals surface area contributed by atoms with E-state index < -0.39 is 0 Å². The summed E-state index contributed by atoms with van der Waals surface area (Å²) in [4.78, 5) is 4.74. The molecule has 0 radical (unpaired) electrons. The zero-order valence-corrected chi connectivity index (χ0v) is 11.5. The van der Waals surface area contributed by atoms with Crippen LogP contribution in [0.3, 0.4) is 0 Å². The Labute approximate surface area is 108 Å².